The lowest BCUT2D eigenvalue weighted by Gasteiger charge is -2.08. The Balaban J connectivity index is 1.96. The molecular weight excluding hydrogens is 331 g/mol. The van der Waals surface area contributed by atoms with Crippen LogP contribution >= 0.6 is 35.0 Å². The molecule has 1 heterocycles. The second-order valence-electron chi connectivity index (χ2n) is 5.22. The molecule has 1 fully saturated rings. The van der Waals surface area contributed by atoms with Crippen LogP contribution in [0.1, 0.15) is 19.3 Å². The van der Waals surface area contributed by atoms with Crippen molar-refractivity contribution >= 4 is 52.0 Å². The average Bonchev–Trinajstić information content (AvgIpc) is 3.19. The number of halogens is 2. The number of benzene rings is 1. The van der Waals surface area contributed by atoms with Gasteiger partial charge in [-0.05, 0) is 24.5 Å². The fraction of sp³-hybridized carbons (Fsp3) is 0.429. The number of rotatable bonds is 6. The molecule has 0 amide bonds. The zero-order chi connectivity index (χ0) is 15.0. The van der Waals surface area contributed by atoms with Gasteiger partial charge in [0.15, 0.2) is 5.16 Å². The van der Waals surface area contributed by atoms with Crippen LogP contribution in [0.4, 0.5) is 0 Å². The van der Waals surface area contributed by atoms with Gasteiger partial charge in [-0.2, -0.15) is 0 Å². The number of carbonyl (C=O) groups is 1. The number of fused-ring (bicyclic) bond motifs is 1. The van der Waals surface area contributed by atoms with Gasteiger partial charge in [-0.25, -0.2) is 4.98 Å². The Morgan fingerprint density at radius 2 is 2.10 bits per heavy atom. The van der Waals surface area contributed by atoms with Crippen LogP contribution in [-0.2, 0) is 11.3 Å². The standard InChI is InChI=1S/C14H14Cl2N2O2S/c15-9-5-11-12(6-10(9)16)18(4-3-8-1-2-8)14(17-11)21-7-13(19)20/h5-6,8H,1-4,7H2,(H,19,20). The molecule has 112 valence electrons. The number of thioether (sulfide) groups is 1. The molecule has 4 nitrogen and oxygen atoms in total. The zero-order valence-corrected chi connectivity index (χ0v) is 13.5. The van der Waals surface area contributed by atoms with Gasteiger partial charge < -0.3 is 9.67 Å². The molecule has 1 aromatic heterocycles. The van der Waals surface area contributed by atoms with Gasteiger partial charge in [-0.3, -0.25) is 4.79 Å². The normalized spacial score (nSPS) is 14.8. The molecule has 2 aromatic rings. The number of carboxylic acid groups (broad SMARTS) is 1. The Bertz CT molecular complexity index is 698. The van der Waals surface area contributed by atoms with Crippen LogP contribution in [0.15, 0.2) is 17.3 Å². The summed E-state index contributed by atoms with van der Waals surface area (Å²) in [5.74, 6) is -0.0618. The predicted molar refractivity (Wildman–Crippen MR) is 85.5 cm³/mol. The largest absolute Gasteiger partial charge is 0.481 e. The molecule has 0 saturated heterocycles. The molecule has 0 radical (unpaired) electrons. The third-order valence-corrected chi connectivity index (χ3v) is 5.22. The highest BCUT2D eigenvalue weighted by Gasteiger charge is 2.22. The summed E-state index contributed by atoms with van der Waals surface area (Å²) in [6, 6.07) is 3.54. The predicted octanol–water partition coefficient (Wildman–Crippen LogP) is 4.32. The summed E-state index contributed by atoms with van der Waals surface area (Å²) in [5, 5.41) is 10.5. The van der Waals surface area contributed by atoms with E-state index in [4.69, 9.17) is 28.3 Å². The maximum Gasteiger partial charge on any atom is 0.313 e. The number of aromatic nitrogens is 2. The van der Waals surface area contributed by atoms with Gasteiger partial charge in [-0.15, -0.1) is 0 Å². The van der Waals surface area contributed by atoms with Crippen molar-refractivity contribution in [2.45, 2.75) is 31.0 Å². The second-order valence-corrected chi connectivity index (χ2v) is 6.97. The van der Waals surface area contributed by atoms with Gasteiger partial charge in [0.2, 0.25) is 0 Å². The maximum absolute atomic E-state index is 10.8. The number of aryl methyl sites for hydroxylation is 1. The van der Waals surface area contributed by atoms with E-state index in [9.17, 15) is 4.79 Å². The van der Waals surface area contributed by atoms with E-state index in [1.807, 2.05) is 6.07 Å². The smallest absolute Gasteiger partial charge is 0.313 e. The summed E-state index contributed by atoms with van der Waals surface area (Å²) in [6.07, 6.45) is 3.67. The van der Waals surface area contributed by atoms with Crippen molar-refractivity contribution < 1.29 is 9.90 Å². The minimum absolute atomic E-state index is 0.00574. The van der Waals surface area contributed by atoms with E-state index in [-0.39, 0.29) is 5.75 Å². The molecular formula is C14H14Cl2N2O2S. The molecule has 1 aliphatic rings. The summed E-state index contributed by atoms with van der Waals surface area (Å²) < 4.78 is 2.06. The molecule has 0 atom stereocenters. The highest BCUT2D eigenvalue weighted by Crippen LogP contribution is 2.35. The molecule has 1 aromatic carbocycles. The number of aliphatic carboxylic acids is 1. The first-order valence-electron chi connectivity index (χ1n) is 6.74. The van der Waals surface area contributed by atoms with Crippen molar-refractivity contribution in [3.63, 3.8) is 0 Å². The number of hydrogen-bond acceptors (Lipinski definition) is 3. The van der Waals surface area contributed by atoms with Crippen LogP contribution in [0.5, 0.6) is 0 Å². The molecule has 1 saturated carbocycles. The van der Waals surface area contributed by atoms with Gasteiger partial charge in [0.05, 0.1) is 26.8 Å². The molecule has 0 bridgehead atoms. The molecule has 3 rings (SSSR count). The lowest BCUT2D eigenvalue weighted by atomic mass is 10.2. The van der Waals surface area contributed by atoms with Gasteiger partial charge >= 0.3 is 5.97 Å². The van der Waals surface area contributed by atoms with Crippen molar-refractivity contribution in [3.8, 4) is 0 Å². The topological polar surface area (TPSA) is 55.1 Å². The van der Waals surface area contributed by atoms with Crippen LogP contribution in [-0.4, -0.2) is 26.4 Å². The number of nitrogens with zero attached hydrogens (tertiary/aromatic N) is 2. The van der Waals surface area contributed by atoms with Gasteiger partial charge in [0.25, 0.3) is 0 Å². The number of carboxylic acids is 1. The highest BCUT2D eigenvalue weighted by atomic mass is 35.5. The summed E-state index contributed by atoms with van der Waals surface area (Å²) in [5.41, 5.74) is 1.67. The minimum Gasteiger partial charge on any atom is -0.481 e. The van der Waals surface area contributed by atoms with E-state index in [0.29, 0.717) is 15.2 Å². The van der Waals surface area contributed by atoms with Crippen molar-refractivity contribution in [1.29, 1.82) is 0 Å². The Kier molecular flexibility index (Phi) is 4.33. The fourth-order valence-corrected chi connectivity index (χ4v) is 3.35. The Morgan fingerprint density at radius 1 is 1.38 bits per heavy atom. The van der Waals surface area contributed by atoms with E-state index in [1.165, 1.54) is 24.6 Å². The molecule has 7 heteroatoms. The van der Waals surface area contributed by atoms with Gasteiger partial charge in [0, 0.05) is 6.54 Å². The van der Waals surface area contributed by atoms with Crippen LogP contribution in [0.25, 0.3) is 11.0 Å². The molecule has 0 spiro atoms. The minimum atomic E-state index is -0.850. The molecule has 21 heavy (non-hydrogen) atoms. The summed E-state index contributed by atoms with van der Waals surface area (Å²) in [6.45, 7) is 0.834. The second kappa shape index (κ2) is 6.07. The van der Waals surface area contributed by atoms with Crippen LogP contribution in [0, 0.1) is 5.92 Å². The Labute approximate surface area is 136 Å². The van der Waals surface area contributed by atoms with E-state index in [2.05, 4.69) is 9.55 Å². The fourth-order valence-electron chi connectivity index (χ4n) is 2.27. The molecule has 0 aliphatic heterocycles. The van der Waals surface area contributed by atoms with Crippen molar-refractivity contribution in [2.75, 3.05) is 5.75 Å². The monoisotopic (exact) mass is 344 g/mol. The highest BCUT2D eigenvalue weighted by molar-refractivity contribution is 7.99. The van der Waals surface area contributed by atoms with Crippen molar-refractivity contribution in [2.24, 2.45) is 5.92 Å². The first kappa shape index (κ1) is 15.0. The maximum atomic E-state index is 10.8. The average molecular weight is 345 g/mol. The summed E-state index contributed by atoms with van der Waals surface area (Å²) in [4.78, 5) is 15.3. The third-order valence-electron chi connectivity index (χ3n) is 3.54. The first-order valence-corrected chi connectivity index (χ1v) is 8.48. The van der Waals surface area contributed by atoms with Crippen LogP contribution < -0.4 is 0 Å². The van der Waals surface area contributed by atoms with Crippen LogP contribution in [0.2, 0.25) is 10.0 Å². The quantitative estimate of drug-likeness (QED) is 0.792. The Morgan fingerprint density at radius 3 is 2.76 bits per heavy atom. The molecule has 1 N–H and O–H groups in total. The zero-order valence-electron chi connectivity index (χ0n) is 11.2. The summed E-state index contributed by atoms with van der Waals surface area (Å²) in [7, 11) is 0. The van der Waals surface area contributed by atoms with Crippen molar-refractivity contribution in [3.05, 3.63) is 22.2 Å². The van der Waals surface area contributed by atoms with E-state index in [1.54, 1.807) is 6.07 Å². The van der Waals surface area contributed by atoms with E-state index >= 15 is 0 Å². The lowest BCUT2D eigenvalue weighted by Crippen LogP contribution is -2.04. The summed E-state index contributed by atoms with van der Waals surface area (Å²) >= 11 is 13.4. The molecule has 0 unspecified atom stereocenters. The number of hydrogen-bond donors (Lipinski definition) is 1. The van der Waals surface area contributed by atoms with E-state index < -0.39 is 5.97 Å². The lowest BCUT2D eigenvalue weighted by molar-refractivity contribution is -0.133. The van der Waals surface area contributed by atoms with Gasteiger partial charge in [-0.1, -0.05) is 47.8 Å². The van der Waals surface area contributed by atoms with Gasteiger partial charge in [0.1, 0.15) is 0 Å². The van der Waals surface area contributed by atoms with E-state index in [0.717, 1.165) is 29.9 Å². The van der Waals surface area contributed by atoms with Crippen molar-refractivity contribution in [1.82, 2.24) is 9.55 Å². The third kappa shape index (κ3) is 3.47. The first-order chi connectivity index (χ1) is 10.0. The van der Waals surface area contributed by atoms with Crippen LogP contribution in [0.3, 0.4) is 0 Å². The SMILES string of the molecule is O=C(O)CSc1nc2cc(Cl)c(Cl)cc2n1CCC1CC1. The molecule has 1 aliphatic carbocycles. The number of imidazole rings is 1. The Hall–Kier alpha value is -0.910.